The lowest BCUT2D eigenvalue weighted by atomic mass is 10.4. The largest absolute Gasteiger partial charge is 0.501 e. The number of rotatable bonds is 12. The summed E-state index contributed by atoms with van der Waals surface area (Å²) in [5.74, 6) is 0. The lowest BCUT2D eigenvalue weighted by Crippen LogP contribution is -2.63. The van der Waals surface area contributed by atoms with Crippen LogP contribution in [0.4, 0.5) is 0 Å². The van der Waals surface area contributed by atoms with E-state index in [2.05, 4.69) is 64.2 Å². The third-order valence-corrected chi connectivity index (χ3v) is 16.7. The van der Waals surface area contributed by atoms with Crippen molar-refractivity contribution in [3.8, 4) is 0 Å². The van der Waals surface area contributed by atoms with Crippen LogP contribution in [0.25, 0.3) is 0 Å². The van der Waals surface area contributed by atoms with E-state index in [0.717, 1.165) is 25.6 Å². The molecule has 0 bridgehead atoms. The number of nitrogens with zero attached hydrogens (tertiary/aromatic N) is 2. The molecule has 0 atom stereocenters. The lowest BCUT2D eigenvalue weighted by molar-refractivity contribution is 0.0549. The zero-order valence-corrected chi connectivity index (χ0v) is 20.4. The van der Waals surface area contributed by atoms with Gasteiger partial charge in [0.25, 0.3) is 0 Å². The van der Waals surface area contributed by atoms with Crippen LogP contribution in [0, 0.1) is 0 Å². The zero-order chi connectivity index (χ0) is 18.3. The Morgan fingerprint density at radius 3 is 1.57 bits per heavy atom. The molecule has 0 N–H and O–H groups in total. The lowest BCUT2D eigenvalue weighted by Gasteiger charge is -2.46. The van der Waals surface area contributed by atoms with Gasteiger partial charge in [-0.1, -0.05) is 26.2 Å². The van der Waals surface area contributed by atoms with Gasteiger partial charge in [-0.3, -0.25) is 0 Å². The summed E-state index contributed by atoms with van der Waals surface area (Å²) in [6.45, 7) is 11.6. The molecule has 0 fully saturated rings. The molecule has 140 valence electrons. The molecule has 0 aromatic rings. The highest BCUT2D eigenvalue weighted by molar-refractivity contribution is 6.81. The van der Waals surface area contributed by atoms with E-state index in [1.807, 2.05) is 0 Å². The predicted molar refractivity (Wildman–Crippen MR) is 108 cm³/mol. The Labute approximate surface area is 148 Å². The molecule has 0 unspecified atom stereocenters. The Morgan fingerprint density at radius 2 is 1.26 bits per heavy atom. The smallest absolute Gasteiger partial charge is 0.377 e. The molecule has 0 aromatic heterocycles. The molecule has 8 heteroatoms. The SMILES string of the molecule is CO[Si](CCN(C)C)(OC)OC(CCN(C)C)([SiH](C)C)[SiH](C)C. The summed E-state index contributed by atoms with van der Waals surface area (Å²) in [5, 5.41) is 0. The van der Waals surface area contributed by atoms with Gasteiger partial charge in [-0.05, 0) is 41.2 Å². The average molecular weight is 381 g/mol. The van der Waals surface area contributed by atoms with E-state index in [9.17, 15) is 0 Å². The Balaban J connectivity index is 5.49. The normalized spacial score (nSPS) is 13.8. The molecular weight excluding hydrogens is 340 g/mol. The molecule has 0 aliphatic carbocycles. The first-order valence-corrected chi connectivity index (χ1v) is 16.4. The molecule has 0 saturated heterocycles. The molecule has 5 nitrogen and oxygen atoms in total. The summed E-state index contributed by atoms with van der Waals surface area (Å²) in [7, 11) is 7.24. The van der Waals surface area contributed by atoms with Gasteiger partial charge in [-0.2, -0.15) is 0 Å². The van der Waals surface area contributed by atoms with Gasteiger partial charge in [-0.15, -0.1) is 0 Å². The van der Waals surface area contributed by atoms with Gasteiger partial charge in [0, 0.05) is 31.7 Å². The van der Waals surface area contributed by atoms with Crippen LogP contribution in [0.15, 0.2) is 0 Å². The van der Waals surface area contributed by atoms with E-state index < -0.39 is 26.4 Å². The molecule has 0 rings (SSSR count). The van der Waals surface area contributed by atoms with Gasteiger partial charge in [0.1, 0.15) is 0 Å². The Kier molecular flexibility index (Phi) is 10.6. The van der Waals surface area contributed by atoms with Crippen molar-refractivity contribution in [1.29, 1.82) is 0 Å². The third-order valence-electron chi connectivity index (χ3n) is 4.74. The van der Waals surface area contributed by atoms with E-state index in [4.69, 9.17) is 13.3 Å². The number of hydrogen-bond donors (Lipinski definition) is 0. The van der Waals surface area contributed by atoms with Crippen LogP contribution < -0.4 is 0 Å². The predicted octanol–water partition coefficient (Wildman–Crippen LogP) is 1.54. The van der Waals surface area contributed by atoms with Crippen molar-refractivity contribution in [3.63, 3.8) is 0 Å². The van der Waals surface area contributed by atoms with Gasteiger partial charge >= 0.3 is 8.80 Å². The minimum Gasteiger partial charge on any atom is -0.377 e. The molecular formula is C15H40N2O3Si3. The van der Waals surface area contributed by atoms with Gasteiger partial charge < -0.3 is 23.1 Å². The Bertz CT molecular complexity index is 317. The first kappa shape index (κ1) is 23.5. The first-order valence-electron chi connectivity index (χ1n) is 8.65. The molecule has 0 aliphatic rings. The van der Waals surface area contributed by atoms with Crippen LogP contribution in [-0.2, 0) is 13.3 Å². The van der Waals surface area contributed by atoms with Crippen molar-refractivity contribution in [2.75, 3.05) is 55.5 Å². The van der Waals surface area contributed by atoms with Gasteiger partial charge in [0.05, 0.1) is 17.6 Å². The van der Waals surface area contributed by atoms with Crippen molar-refractivity contribution < 1.29 is 13.3 Å². The second kappa shape index (κ2) is 10.4. The molecule has 0 amide bonds. The third kappa shape index (κ3) is 7.07. The minimum atomic E-state index is -2.63. The van der Waals surface area contributed by atoms with Crippen LogP contribution in [0.2, 0.25) is 32.2 Å². The van der Waals surface area contributed by atoms with Crippen LogP contribution in [-0.4, -0.2) is 96.5 Å². The van der Waals surface area contributed by atoms with Crippen LogP contribution in [0.1, 0.15) is 6.42 Å². The van der Waals surface area contributed by atoms with Crippen molar-refractivity contribution in [1.82, 2.24) is 9.80 Å². The fraction of sp³-hybridized carbons (Fsp3) is 1.00. The van der Waals surface area contributed by atoms with Crippen molar-refractivity contribution in [3.05, 3.63) is 0 Å². The van der Waals surface area contributed by atoms with Crippen LogP contribution in [0.3, 0.4) is 0 Å². The Hall–Kier alpha value is 0.451. The summed E-state index contributed by atoms with van der Waals surface area (Å²) < 4.78 is 18.7. The minimum absolute atomic E-state index is 0.0365. The van der Waals surface area contributed by atoms with Gasteiger partial charge in [0.15, 0.2) is 0 Å². The monoisotopic (exact) mass is 380 g/mol. The van der Waals surface area contributed by atoms with Gasteiger partial charge in [-0.25, -0.2) is 0 Å². The summed E-state index contributed by atoms with van der Waals surface area (Å²) in [4.78, 5) is 4.47. The summed E-state index contributed by atoms with van der Waals surface area (Å²) in [5.41, 5.74) is 0. The van der Waals surface area contributed by atoms with Gasteiger partial charge in [0.2, 0.25) is 0 Å². The number of hydrogen-bond acceptors (Lipinski definition) is 5. The molecule has 0 aliphatic heterocycles. The molecule has 0 radical (unpaired) electrons. The van der Waals surface area contributed by atoms with Crippen molar-refractivity contribution in [2.45, 2.75) is 43.5 Å². The molecule has 0 aromatic carbocycles. The molecule has 23 heavy (non-hydrogen) atoms. The summed E-state index contributed by atoms with van der Waals surface area (Å²) in [6, 6.07) is 0.846. The summed E-state index contributed by atoms with van der Waals surface area (Å²) >= 11 is 0. The van der Waals surface area contributed by atoms with Crippen LogP contribution >= 0.6 is 0 Å². The van der Waals surface area contributed by atoms with E-state index in [1.54, 1.807) is 14.2 Å². The van der Waals surface area contributed by atoms with E-state index in [1.165, 1.54) is 0 Å². The second-order valence-corrected chi connectivity index (χ2v) is 17.7. The average Bonchev–Trinajstić information content (AvgIpc) is 2.46. The summed E-state index contributed by atoms with van der Waals surface area (Å²) in [6.07, 6.45) is 1.09. The topological polar surface area (TPSA) is 34.2 Å². The maximum atomic E-state index is 6.91. The molecule has 0 saturated carbocycles. The highest BCUT2D eigenvalue weighted by Crippen LogP contribution is 2.31. The highest BCUT2D eigenvalue weighted by Gasteiger charge is 2.50. The van der Waals surface area contributed by atoms with E-state index in [-0.39, 0.29) is 4.85 Å². The molecule has 0 heterocycles. The van der Waals surface area contributed by atoms with E-state index >= 15 is 0 Å². The fourth-order valence-electron chi connectivity index (χ4n) is 3.00. The van der Waals surface area contributed by atoms with Crippen molar-refractivity contribution in [2.24, 2.45) is 0 Å². The fourth-order valence-corrected chi connectivity index (χ4v) is 15.0. The quantitative estimate of drug-likeness (QED) is 0.480. The van der Waals surface area contributed by atoms with Crippen LogP contribution in [0.5, 0.6) is 0 Å². The Morgan fingerprint density at radius 1 is 0.826 bits per heavy atom. The van der Waals surface area contributed by atoms with E-state index in [0.29, 0.717) is 0 Å². The van der Waals surface area contributed by atoms with Crippen molar-refractivity contribution >= 4 is 26.4 Å². The standard InChI is InChI=1S/C15H40N2O3Si3/c1-16(2)12-11-15(21(7)8,22(9)10)20-23(18-5,19-6)14-13-17(3)4/h21-22H,11-14H2,1-10H3. The maximum absolute atomic E-state index is 6.91. The highest BCUT2D eigenvalue weighted by atomic mass is 28.4. The molecule has 0 spiro atoms. The second-order valence-electron chi connectivity index (χ2n) is 7.56. The zero-order valence-electron chi connectivity index (χ0n) is 17.1. The first-order chi connectivity index (χ1) is 10.5. The maximum Gasteiger partial charge on any atom is 0.501 e.